The molecular formula is C20H19FIN7O. The highest BCUT2D eigenvalue weighted by Gasteiger charge is 2.16. The van der Waals surface area contributed by atoms with Gasteiger partial charge >= 0.3 is 0 Å². The fraction of sp³-hybridized carbons (Fsp3) is 0.250. The maximum atomic E-state index is 13.2. The molecule has 0 saturated carbocycles. The van der Waals surface area contributed by atoms with E-state index in [9.17, 15) is 4.39 Å². The Labute approximate surface area is 186 Å². The van der Waals surface area contributed by atoms with Crippen LogP contribution in [0.4, 0.5) is 27.9 Å². The third kappa shape index (κ3) is 5.66. The van der Waals surface area contributed by atoms with E-state index in [1.165, 1.54) is 12.1 Å². The summed E-state index contributed by atoms with van der Waals surface area (Å²) < 4.78 is 19.7. The van der Waals surface area contributed by atoms with E-state index in [-0.39, 0.29) is 11.8 Å². The van der Waals surface area contributed by atoms with Gasteiger partial charge in [-0.2, -0.15) is 20.1 Å². The highest BCUT2D eigenvalue weighted by atomic mass is 127. The number of halogens is 2. The van der Waals surface area contributed by atoms with E-state index >= 15 is 0 Å². The van der Waals surface area contributed by atoms with E-state index in [0.717, 1.165) is 9.13 Å². The average Bonchev–Trinajstić information content (AvgIpc) is 2.76. The highest BCUT2D eigenvalue weighted by Crippen LogP contribution is 2.20. The molecule has 3 aromatic rings. The molecule has 1 saturated heterocycles. The Bertz CT molecular complexity index is 1030. The first-order valence-electron chi connectivity index (χ1n) is 9.39. The lowest BCUT2D eigenvalue weighted by Gasteiger charge is -2.26. The van der Waals surface area contributed by atoms with Crippen LogP contribution in [0, 0.1) is 9.39 Å². The summed E-state index contributed by atoms with van der Waals surface area (Å²) in [7, 11) is 0. The quantitative estimate of drug-likeness (QED) is 0.382. The minimum absolute atomic E-state index is 0.210. The number of benzene rings is 2. The monoisotopic (exact) mass is 519 g/mol. The van der Waals surface area contributed by atoms with Crippen molar-refractivity contribution < 1.29 is 9.13 Å². The van der Waals surface area contributed by atoms with Crippen LogP contribution in [0.3, 0.4) is 0 Å². The maximum absolute atomic E-state index is 13.2. The minimum atomic E-state index is -0.310. The number of nitrogens with zero attached hydrogens (tertiary/aromatic N) is 6. The third-order valence-electron chi connectivity index (χ3n) is 4.31. The molecule has 0 spiro atoms. The van der Waals surface area contributed by atoms with Crippen molar-refractivity contribution in [2.24, 2.45) is 10.2 Å². The molecule has 1 aromatic heterocycles. The van der Waals surface area contributed by atoms with Crippen LogP contribution in [0.25, 0.3) is 0 Å². The van der Waals surface area contributed by atoms with E-state index in [4.69, 9.17) is 4.74 Å². The summed E-state index contributed by atoms with van der Waals surface area (Å²) in [5.41, 5.74) is 1.72. The summed E-state index contributed by atoms with van der Waals surface area (Å²) in [6.07, 6.45) is 0. The fourth-order valence-corrected chi connectivity index (χ4v) is 3.44. The number of anilines is 3. The van der Waals surface area contributed by atoms with Crippen molar-refractivity contribution in [2.45, 2.75) is 6.54 Å². The lowest BCUT2D eigenvalue weighted by molar-refractivity contribution is 0.122. The predicted octanol–water partition coefficient (Wildman–Crippen LogP) is 4.48. The zero-order valence-electron chi connectivity index (χ0n) is 16.0. The van der Waals surface area contributed by atoms with E-state index in [0.29, 0.717) is 50.4 Å². The molecule has 2 aromatic carbocycles. The molecule has 2 heterocycles. The molecule has 1 aliphatic rings. The van der Waals surface area contributed by atoms with Crippen molar-refractivity contribution in [3.05, 3.63) is 63.5 Å². The maximum Gasteiger partial charge on any atom is 0.275 e. The number of azo groups is 1. The highest BCUT2D eigenvalue weighted by molar-refractivity contribution is 14.1. The van der Waals surface area contributed by atoms with Gasteiger partial charge in [0.05, 0.1) is 19.8 Å². The summed E-state index contributed by atoms with van der Waals surface area (Å²) in [6, 6.07) is 14.0. The molecule has 1 aliphatic heterocycles. The molecule has 0 aliphatic carbocycles. The number of aromatic nitrogens is 3. The summed E-state index contributed by atoms with van der Waals surface area (Å²) in [4.78, 5) is 15.3. The molecule has 8 nitrogen and oxygen atoms in total. The topological polar surface area (TPSA) is 87.9 Å². The molecule has 154 valence electrons. The van der Waals surface area contributed by atoms with Gasteiger partial charge < -0.3 is 15.0 Å². The van der Waals surface area contributed by atoms with Crippen molar-refractivity contribution in [1.82, 2.24) is 15.0 Å². The molecule has 0 amide bonds. The number of morpholine rings is 1. The Morgan fingerprint density at radius 3 is 2.63 bits per heavy atom. The first-order valence-corrected chi connectivity index (χ1v) is 10.5. The van der Waals surface area contributed by atoms with Crippen molar-refractivity contribution >= 4 is 46.1 Å². The number of nitrogens with one attached hydrogen (secondary N) is 1. The fourth-order valence-electron chi connectivity index (χ4n) is 2.84. The van der Waals surface area contributed by atoms with Crippen LogP contribution in [0.5, 0.6) is 0 Å². The van der Waals surface area contributed by atoms with Crippen molar-refractivity contribution in [2.75, 3.05) is 36.5 Å². The van der Waals surface area contributed by atoms with Gasteiger partial charge in [0, 0.05) is 22.3 Å². The molecule has 0 bridgehead atoms. The van der Waals surface area contributed by atoms with Crippen LogP contribution in [-0.4, -0.2) is 41.3 Å². The number of ether oxygens (including phenoxy) is 1. The molecule has 1 N–H and O–H groups in total. The molecule has 1 fully saturated rings. The van der Waals surface area contributed by atoms with Gasteiger partial charge in [0.1, 0.15) is 5.82 Å². The van der Waals surface area contributed by atoms with Gasteiger partial charge in [-0.3, -0.25) is 0 Å². The first kappa shape index (κ1) is 20.5. The average molecular weight is 519 g/mol. The molecule has 10 heteroatoms. The Kier molecular flexibility index (Phi) is 6.74. The molecular weight excluding hydrogens is 500 g/mol. The summed E-state index contributed by atoms with van der Waals surface area (Å²) in [5, 5.41) is 11.5. The normalized spacial score (nSPS) is 14.3. The zero-order chi connectivity index (χ0) is 20.8. The largest absolute Gasteiger partial charge is 0.378 e. The minimum Gasteiger partial charge on any atom is -0.378 e. The summed E-state index contributed by atoms with van der Waals surface area (Å²) in [6.45, 7) is 3.00. The van der Waals surface area contributed by atoms with Crippen LogP contribution in [0.15, 0.2) is 58.8 Å². The Morgan fingerprint density at radius 1 is 1.07 bits per heavy atom. The van der Waals surface area contributed by atoms with Gasteiger partial charge in [-0.25, -0.2) is 4.39 Å². The van der Waals surface area contributed by atoms with Crippen LogP contribution in [0.2, 0.25) is 0 Å². The van der Waals surface area contributed by atoms with Gasteiger partial charge in [0.25, 0.3) is 5.95 Å². The number of hydrogen-bond donors (Lipinski definition) is 1. The second-order valence-corrected chi connectivity index (χ2v) is 7.77. The Hall–Kier alpha value is -2.73. The second-order valence-electron chi connectivity index (χ2n) is 6.52. The van der Waals surface area contributed by atoms with Gasteiger partial charge in [-0.15, -0.1) is 5.11 Å². The molecule has 30 heavy (non-hydrogen) atoms. The predicted molar refractivity (Wildman–Crippen MR) is 120 cm³/mol. The van der Waals surface area contributed by atoms with Crippen LogP contribution >= 0.6 is 22.6 Å². The first-order chi connectivity index (χ1) is 14.7. The van der Waals surface area contributed by atoms with E-state index in [2.05, 4.69) is 53.1 Å². The standard InChI is InChI=1S/C20H19FIN7O/c21-15-4-6-17(7-5-15)24-18-25-19(27-20(26-18)29-8-10-30-11-9-29)28-23-13-14-2-1-3-16(22)12-14/h1-7,12H,8-11,13H2,(H,24,25,26,27). The summed E-state index contributed by atoms with van der Waals surface area (Å²) >= 11 is 2.26. The second kappa shape index (κ2) is 9.85. The van der Waals surface area contributed by atoms with Crippen LogP contribution in [-0.2, 0) is 11.3 Å². The number of rotatable bonds is 6. The van der Waals surface area contributed by atoms with Crippen LogP contribution in [0.1, 0.15) is 5.56 Å². The van der Waals surface area contributed by atoms with E-state index < -0.39 is 0 Å². The van der Waals surface area contributed by atoms with E-state index in [1.54, 1.807) is 12.1 Å². The van der Waals surface area contributed by atoms with Gasteiger partial charge in [-0.1, -0.05) is 12.1 Å². The van der Waals surface area contributed by atoms with Crippen molar-refractivity contribution in [3.8, 4) is 0 Å². The van der Waals surface area contributed by atoms with Crippen LogP contribution < -0.4 is 10.2 Å². The SMILES string of the molecule is Fc1ccc(Nc2nc(N=NCc3cccc(I)c3)nc(N3CCOCC3)n2)cc1. The third-order valence-corrected chi connectivity index (χ3v) is 4.98. The molecule has 0 radical (unpaired) electrons. The molecule has 0 atom stereocenters. The van der Waals surface area contributed by atoms with Crippen molar-refractivity contribution in [3.63, 3.8) is 0 Å². The summed E-state index contributed by atoms with van der Waals surface area (Å²) in [5.74, 6) is 0.722. The smallest absolute Gasteiger partial charge is 0.275 e. The number of hydrogen-bond acceptors (Lipinski definition) is 8. The Balaban J connectivity index is 1.57. The Morgan fingerprint density at radius 2 is 1.87 bits per heavy atom. The zero-order valence-corrected chi connectivity index (χ0v) is 18.2. The lowest BCUT2D eigenvalue weighted by atomic mass is 10.2. The van der Waals surface area contributed by atoms with Gasteiger partial charge in [0.15, 0.2) is 0 Å². The molecule has 0 unspecified atom stereocenters. The lowest BCUT2D eigenvalue weighted by Crippen LogP contribution is -2.37. The van der Waals surface area contributed by atoms with Gasteiger partial charge in [-0.05, 0) is 64.6 Å². The van der Waals surface area contributed by atoms with E-state index in [1.807, 2.05) is 29.2 Å². The van der Waals surface area contributed by atoms with Gasteiger partial charge in [0.2, 0.25) is 11.9 Å². The molecule has 4 rings (SSSR count). The van der Waals surface area contributed by atoms with Crippen molar-refractivity contribution in [1.29, 1.82) is 0 Å².